The van der Waals surface area contributed by atoms with E-state index < -0.39 is 0 Å². The Morgan fingerprint density at radius 3 is 2.75 bits per heavy atom. The third kappa shape index (κ3) is 6.19. The largest absolute Gasteiger partial charge is 0.484 e. The third-order valence-electron chi connectivity index (χ3n) is 2.57. The summed E-state index contributed by atoms with van der Waals surface area (Å²) in [5.41, 5.74) is 4.47. The van der Waals surface area contributed by atoms with Crippen molar-refractivity contribution < 1.29 is 9.53 Å². The predicted octanol–water partition coefficient (Wildman–Crippen LogP) is 3.67. The second-order valence-corrected chi connectivity index (χ2v) is 6.03. The minimum absolute atomic E-state index is 0.0421. The van der Waals surface area contributed by atoms with Crippen LogP contribution in [0.3, 0.4) is 0 Å². The van der Waals surface area contributed by atoms with E-state index in [1.165, 1.54) is 0 Å². The van der Waals surface area contributed by atoms with Crippen LogP contribution in [0.4, 0.5) is 0 Å². The summed E-state index contributed by atoms with van der Waals surface area (Å²) < 4.78 is 6.43. The molecule has 1 aromatic rings. The molecule has 1 rings (SSSR count). The maximum atomic E-state index is 11.6. The maximum Gasteiger partial charge on any atom is 0.277 e. The predicted molar refractivity (Wildman–Crippen MR) is 85.1 cm³/mol. The highest BCUT2D eigenvalue weighted by molar-refractivity contribution is 9.10. The topological polar surface area (TPSA) is 50.7 Å². The summed E-state index contributed by atoms with van der Waals surface area (Å²) in [4.78, 5) is 11.6. The van der Waals surface area contributed by atoms with Gasteiger partial charge in [-0.05, 0) is 49.9 Å². The van der Waals surface area contributed by atoms with E-state index in [2.05, 4.69) is 40.3 Å². The Morgan fingerprint density at radius 1 is 1.45 bits per heavy atom. The van der Waals surface area contributed by atoms with Gasteiger partial charge in [-0.2, -0.15) is 5.10 Å². The Balaban J connectivity index is 2.41. The summed E-state index contributed by atoms with van der Waals surface area (Å²) in [6.45, 7) is 8.05. The lowest BCUT2D eigenvalue weighted by atomic mass is 10.1. The monoisotopic (exact) mass is 340 g/mol. The lowest BCUT2D eigenvalue weighted by Gasteiger charge is -2.08. The van der Waals surface area contributed by atoms with Gasteiger partial charge in [0.25, 0.3) is 5.91 Å². The quantitative estimate of drug-likeness (QED) is 0.634. The van der Waals surface area contributed by atoms with Crippen LogP contribution in [0.5, 0.6) is 5.75 Å². The number of hydrogen-bond acceptors (Lipinski definition) is 3. The van der Waals surface area contributed by atoms with Crippen LogP contribution < -0.4 is 10.2 Å². The van der Waals surface area contributed by atoms with Crippen molar-refractivity contribution in [1.82, 2.24) is 5.43 Å². The van der Waals surface area contributed by atoms with E-state index in [0.29, 0.717) is 11.7 Å². The van der Waals surface area contributed by atoms with E-state index in [9.17, 15) is 4.79 Å². The van der Waals surface area contributed by atoms with Gasteiger partial charge in [0.15, 0.2) is 6.61 Å². The van der Waals surface area contributed by atoms with Gasteiger partial charge in [0.1, 0.15) is 5.75 Å². The first-order chi connectivity index (χ1) is 9.38. The van der Waals surface area contributed by atoms with Crippen LogP contribution in [0.2, 0.25) is 0 Å². The first kappa shape index (κ1) is 16.7. The molecule has 0 saturated heterocycles. The molecule has 1 N–H and O–H groups in total. The van der Waals surface area contributed by atoms with Crippen LogP contribution in [0.15, 0.2) is 27.8 Å². The van der Waals surface area contributed by atoms with Gasteiger partial charge in [-0.1, -0.05) is 29.8 Å². The minimum Gasteiger partial charge on any atom is -0.484 e. The highest BCUT2D eigenvalue weighted by atomic mass is 79.9. The van der Waals surface area contributed by atoms with Gasteiger partial charge in [-0.3, -0.25) is 4.79 Å². The van der Waals surface area contributed by atoms with Crippen molar-refractivity contribution in [3.8, 4) is 5.75 Å². The molecule has 0 spiro atoms. The minimum atomic E-state index is -0.256. The molecule has 0 fully saturated rings. The number of carbonyl (C=O) groups excluding carboxylic acids is 1. The molecule has 0 unspecified atom stereocenters. The molecule has 0 aliphatic heterocycles. The van der Waals surface area contributed by atoms with Crippen LogP contribution in [0.25, 0.3) is 0 Å². The summed E-state index contributed by atoms with van der Waals surface area (Å²) in [5.74, 6) is 0.940. The number of rotatable bonds is 6. The molecule has 1 aromatic carbocycles. The molecule has 0 saturated carbocycles. The Labute approximate surface area is 128 Å². The number of benzene rings is 1. The standard InChI is InChI=1S/C15H21BrN2O2/c1-10(2)7-12(4)17-18-15(19)9-20-13-5-6-14(16)11(3)8-13/h5-6,8,10H,7,9H2,1-4H3,(H,18,19)/b17-12+. The first-order valence-corrected chi connectivity index (χ1v) is 7.38. The van der Waals surface area contributed by atoms with Crippen molar-refractivity contribution in [2.45, 2.75) is 34.1 Å². The Morgan fingerprint density at radius 2 is 2.15 bits per heavy atom. The molecule has 0 aliphatic carbocycles. The molecule has 0 radical (unpaired) electrons. The van der Waals surface area contributed by atoms with E-state index in [4.69, 9.17) is 4.74 Å². The van der Waals surface area contributed by atoms with Crippen molar-refractivity contribution in [2.24, 2.45) is 11.0 Å². The normalized spacial score (nSPS) is 11.6. The molecule has 0 aromatic heterocycles. The van der Waals surface area contributed by atoms with Crippen molar-refractivity contribution in [3.05, 3.63) is 28.2 Å². The second-order valence-electron chi connectivity index (χ2n) is 5.18. The van der Waals surface area contributed by atoms with Crippen LogP contribution in [0, 0.1) is 12.8 Å². The van der Waals surface area contributed by atoms with Gasteiger partial charge >= 0.3 is 0 Å². The number of nitrogens with one attached hydrogen (secondary N) is 1. The van der Waals surface area contributed by atoms with Gasteiger partial charge in [-0.25, -0.2) is 5.43 Å². The second kappa shape index (κ2) is 8.04. The lowest BCUT2D eigenvalue weighted by Crippen LogP contribution is -2.25. The molecular weight excluding hydrogens is 320 g/mol. The highest BCUT2D eigenvalue weighted by Gasteiger charge is 2.04. The zero-order valence-electron chi connectivity index (χ0n) is 12.4. The number of ether oxygens (including phenoxy) is 1. The number of hydrogen-bond donors (Lipinski definition) is 1. The Hall–Kier alpha value is -1.36. The number of aryl methyl sites for hydroxylation is 1. The molecule has 0 aliphatic rings. The molecule has 0 atom stereocenters. The average molecular weight is 341 g/mol. The van der Waals surface area contributed by atoms with Crippen LogP contribution >= 0.6 is 15.9 Å². The van der Waals surface area contributed by atoms with Crippen molar-refractivity contribution in [1.29, 1.82) is 0 Å². The van der Waals surface area contributed by atoms with Crippen molar-refractivity contribution >= 4 is 27.5 Å². The van der Waals surface area contributed by atoms with Crippen LogP contribution in [-0.2, 0) is 4.79 Å². The van der Waals surface area contributed by atoms with Crippen molar-refractivity contribution in [2.75, 3.05) is 6.61 Å². The van der Waals surface area contributed by atoms with Gasteiger partial charge in [0.05, 0.1) is 0 Å². The number of halogens is 1. The molecule has 5 heteroatoms. The van der Waals surface area contributed by atoms with E-state index in [1.807, 2.05) is 32.0 Å². The number of carbonyl (C=O) groups is 1. The number of amides is 1. The molecular formula is C15H21BrN2O2. The van der Waals surface area contributed by atoms with Crippen LogP contribution in [-0.4, -0.2) is 18.2 Å². The Bertz CT molecular complexity index is 499. The fourth-order valence-corrected chi connectivity index (χ4v) is 1.93. The number of nitrogens with zero attached hydrogens (tertiary/aromatic N) is 1. The van der Waals surface area contributed by atoms with E-state index in [-0.39, 0.29) is 12.5 Å². The molecule has 0 bridgehead atoms. The smallest absolute Gasteiger partial charge is 0.277 e. The fourth-order valence-electron chi connectivity index (χ4n) is 1.68. The third-order valence-corrected chi connectivity index (χ3v) is 3.46. The molecule has 20 heavy (non-hydrogen) atoms. The van der Waals surface area contributed by atoms with Crippen LogP contribution in [0.1, 0.15) is 32.8 Å². The zero-order chi connectivity index (χ0) is 15.1. The molecule has 110 valence electrons. The van der Waals surface area contributed by atoms with Gasteiger partial charge < -0.3 is 4.74 Å². The summed E-state index contributed by atoms with van der Waals surface area (Å²) in [6.07, 6.45) is 0.868. The zero-order valence-corrected chi connectivity index (χ0v) is 14.0. The van der Waals surface area contributed by atoms with Crippen molar-refractivity contribution in [3.63, 3.8) is 0 Å². The summed E-state index contributed by atoms with van der Waals surface area (Å²) >= 11 is 3.42. The average Bonchev–Trinajstić information content (AvgIpc) is 2.37. The lowest BCUT2D eigenvalue weighted by molar-refractivity contribution is -0.123. The molecule has 4 nitrogen and oxygen atoms in total. The first-order valence-electron chi connectivity index (χ1n) is 6.59. The van der Waals surface area contributed by atoms with Gasteiger partial charge in [0, 0.05) is 10.2 Å². The van der Waals surface area contributed by atoms with Gasteiger partial charge in [-0.15, -0.1) is 0 Å². The highest BCUT2D eigenvalue weighted by Crippen LogP contribution is 2.21. The number of hydrazone groups is 1. The molecule has 1 amide bonds. The SMILES string of the molecule is C/C(CC(C)C)=N\NC(=O)COc1ccc(Br)c(C)c1. The summed E-state index contributed by atoms with van der Waals surface area (Å²) in [6, 6.07) is 5.59. The van der Waals surface area contributed by atoms with E-state index in [1.54, 1.807) is 0 Å². The summed E-state index contributed by atoms with van der Waals surface area (Å²) in [5, 5.41) is 4.04. The fraction of sp³-hybridized carbons (Fsp3) is 0.467. The van der Waals surface area contributed by atoms with E-state index >= 15 is 0 Å². The Kier molecular flexibility index (Phi) is 6.71. The molecule has 0 heterocycles. The summed E-state index contributed by atoms with van der Waals surface area (Å²) in [7, 11) is 0. The van der Waals surface area contributed by atoms with Gasteiger partial charge in [0.2, 0.25) is 0 Å². The maximum absolute atomic E-state index is 11.6. The van der Waals surface area contributed by atoms with E-state index in [0.717, 1.165) is 22.2 Å².